The maximum Gasteiger partial charge on any atom is 0.254 e. The van der Waals surface area contributed by atoms with Crippen LogP contribution >= 0.6 is 23.2 Å². The fourth-order valence-electron chi connectivity index (χ4n) is 1.99. The first-order chi connectivity index (χ1) is 9.47. The van der Waals surface area contributed by atoms with Gasteiger partial charge in [-0.1, -0.05) is 29.3 Å². The Labute approximate surface area is 127 Å². The average molecular weight is 312 g/mol. The third kappa shape index (κ3) is 3.56. The summed E-state index contributed by atoms with van der Waals surface area (Å²) in [6.07, 6.45) is 0.650. The highest BCUT2D eigenvalue weighted by Gasteiger charge is 2.12. The zero-order chi connectivity index (χ0) is 14.7. The van der Waals surface area contributed by atoms with Gasteiger partial charge in [0.25, 0.3) is 5.91 Å². The molecule has 1 aromatic heterocycles. The van der Waals surface area contributed by atoms with E-state index in [2.05, 4.69) is 5.32 Å². The standard InChI is InChI=1S/C15H15Cl2NO2/c1-9-7-13(10(2)20-9)15(19)18-6-5-11-3-4-12(16)8-14(11)17/h3-4,7-8H,5-6H2,1-2H3,(H,18,19). The van der Waals surface area contributed by atoms with E-state index in [1.807, 2.05) is 13.0 Å². The zero-order valence-electron chi connectivity index (χ0n) is 11.3. The summed E-state index contributed by atoms with van der Waals surface area (Å²) >= 11 is 11.9. The summed E-state index contributed by atoms with van der Waals surface area (Å²) in [5.74, 6) is 1.22. The van der Waals surface area contributed by atoms with Crippen LogP contribution in [-0.2, 0) is 6.42 Å². The van der Waals surface area contributed by atoms with E-state index in [9.17, 15) is 4.79 Å². The number of benzene rings is 1. The second-order valence-electron chi connectivity index (χ2n) is 4.57. The normalized spacial score (nSPS) is 10.6. The Balaban J connectivity index is 1.93. The Kier molecular flexibility index (Phi) is 4.73. The summed E-state index contributed by atoms with van der Waals surface area (Å²) in [5, 5.41) is 4.07. The quantitative estimate of drug-likeness (QED) is 0.920. The molecule has 1 amide bonds. The van der Waals surface area contributed by atoms with Gasteiger partial charge in [0, 0.05) is 16.6 Å². The van der Waals surface area contributed by atoms with Crippen LogP contribution in [0.4, 0.5) is 0 Å². The number of carbonyl (C=O) groups is 1. The molecule has 0 atom stereocenters. The second-order valence-corrected chi connectivity index (χ2v) is 5.41. The van der Waals surface area contributed by atoms with Gasteiger partial charge in [-0.05, 0) is 44.0 Å². The smallest absolute Gasteiger partial charge is 0.254 e. The highest BCUT2D eigenvalue weighted by atomic mass is 35.5. The molecule has 1 N–H and O–H groups in total. The van der Waals surface area contributed by atoms with Gasteiger partial charge in [0.1, 0.15) is 11.5 Å². The molecule has 0 unspecified atom stereocenters. The Morgan fingerprint density at radius 1 is 1.25 bits per heavy atom. The molecule has 0 spiro atoms. The predicted molar refractivity (Wildman–Crippen MR) is 80.7 cm³/mol. The Morgan fingerprint density at radius 3 is 2.60 bits per heavy atom. The first-order valence-electron chi connectivity index (χ1n) is 6.26. The van der Waals surface area contributed by atoms with Crippen LogP contribution in [-0.4, -0.2) is 12.5 Å². The molecule has 0 aliphatic heterocycles. The van der Waals surface area contributed by atoms with E-state index < -0.39 is 0 Å². The zero-order valence-corrected chi connectivity index (χ0v) is 12.8. The van der Waals surface area contributed by atoms with E-state index in [4.69, 9.17) is 27.6 Å². The summed E-state index contributed by atoms with van der Waals surface area (Å²) < 4.78 is 5.34. The van der Waals surface area contributed by atoms with E-state index in [1.165, 1.54) is 0 Å². The molecule has 1 heterocycles. The lowest BCUT2D eigenvalue weighted by Crippen LogP contribution is -2.25. The fourth-order valence-corrected chi connectivity index (χ4v) is 2.49. The van der Waals surface area contributed by atoms with Crippen LogP contribution in [0.1, 0.15) is 27.4 Å². The van der Waals surface area contributed by atoms with Crippen LogP contribution < -0.4 is 5.32 Å². The minimum Gasteiger partial charge on any atom is -0.466 e. The minimum atomic E-state index is -0.135. The van der Waals surface area contributed by atoms with Crippen molar-refractivity contribution < 1.29 is 9.21 Å². The molecule has 0 fully saturated rings. The monoisotopic (exact) mass is 311 g/mol. The first kappa shape index (κ1) is 14.9. The number of halogens is 2. The Bertz CT molecular complexity index is 635. The molecular formula is C15H15Cl2NO2. The highest BCUT2D eigenvalue weighted by Crippen LogP contribution is 2.21. The van der Waals surface area contributed by atoms with Crippen LogP contribution in [0.25, 0.3) is 0 Å². The molecule has 0 radical (unpaired) electrons. The summed E-state index contributed by atoms with van der Waals surface area (Å²) in [7, 11) is 0. The summed E-state index contributed by atoms with van der Waals surface area (Å²) in [6.45, 7) is 4.10. The molecule has 20 heavy (non-hydrogen) atoms. The van der Waals surface area contributed by atoms with Gasteiger partial charge in [-0.3, -0.25) is 4.79 Å². The molecular weight excluding hydrogens is 297 g/mol. The van der Waals surface area contributed by atoms with Crippen molar-refractivity contribution in [3.63, 3.8) is 0 Å². The highest BCUT2D eigenvalue weighted by molar-refractivity contribution is 6.35. The van der Waals surface area contributed by atoms with Crippen LogP contribution in [0, 0.1) is 13.8 Å². The van der Waals surface area contributed by atoms with Gasteiger partial charge < -0.3 is 9.73 Å². The molecule has 0 aliphatic carbocycles. The lowest BCUT2D eigenvalue weighted by Gasteiger charge is -2.06. The van der Waals surface area contributed by atoms with Crippen molar-refractivity contribution in [3.05, 3.63) is 57.0 Å². The van der Waals surface area contributed by atoms with Gasteiger partial charge in [-0.15, -0.1) is 0 Å². The van der Waals surface area contributed by atoms with Gasteiger partial charge in [0.15, 0.2) is 0 Å². The molecule has 2 rings (SSSR count). The molecule has 2 aromatic rings. The number of carbonyl (C=O) groups excluding carboxylic acids is 1. The number of nitrogens with one attached hydrogen (secondary N) is 1. The maximum atomic E-state index is 12.0. The minimum absolute atomic E-state index is 0.135. The number of aryl methyl sites for hydroxylation is 2. The van der Waals surface area contributed by atoms with Gasteiger partial charge in [-0.25, -0.2) is 0 Å². The Morgan fingerprint density at radius 2 is 2.00 bits per heavy atom. The SMILES string of the molecule is Cc1cc(C(=O)NCCc2ccc(Cl)cc2Cl)c(C)o1. The molecule has 0 bridgehead atoms. The molecule has 1 aromatic carbocycles. The first-order valence-corrected chi connectivity index (χ1v) is 7.02. The lowest BCUT2D eigenvalue weighted by molar-refractivity contribution is 0.0952. The summed E-state index contributed by atoms with van der Waals surface area (Å²) in [6, 6.07) is 7.09. The largest absolute Gasteiger partial charge is 0.466 e. The molecule has 5 heteroatoms. The Hall–Kier alpha value is -1.45. The van der Waals surface area contributed by atoms with E-state index in [0.29, 0.717) is 34.3 Å². The van der Waals surface area contributed by atoms with Crippen molar-refractivity contribution in [1.82, 2.24) is 5.32 Å². The summed E-state index contributed by atoms with van der Waals surface area (Å²) in [5.41, 5.74) is 1.53. The van der Waals surface area contributed by atoms with Gasteiger partial charge >= 0.3 is 0 Å². The third-order valence-corrected chi connectivity index (χ3v) is 3.57. The van der Waals surface area contributed by atoms with E-state index >= 15 is 0 Å². The van der Waals surface area contributed by atoms with E-state index in [0.717, 1.165) is 11.3 Å². The van der Waals surface area contributed by atoms with E-state index in [1.54, 1.807) is 25.1 Å². The van der Waals surface area contributed by atoms with Crippen LogP contribution in [0.15, 0.2) is 28.7 Å². The van der Waals surface area contributed by atoms with Crippen LogP contribution in [0.2, 0.25) is 10.0 Å². The van der Waals surface area contributed by atoms with Gasteiger partial charge in [0.2, 0.25) is 0 Å². The van der Waals surface area contributed by atoms with Crippen molar-refractivity contribution >= 4 is 29.1 Å². The van der Waals surface area contributed by atoms with Crippen molar-refractivity contribution in [2.24, 2.45) is 0 Å². The van der Waals surface area contributed by atoms with Crippen LogP contribution in [0.5, 0.6) is 0 Å². The van der Waals surface area contributed by atoms with Gasteiger partial charge in [0.05, 0.1) is 5.56 Å². The maximum absolute atomic E-state index is 12.0. The van der Waals surface area contributed by atoms with Crippen molar-refractivity contribution in [1.29, 1.82) is 0 Å². The van der Waals surface area contributed by atoms with Crippen molar-refractivity contribution in [2.75, 3.05) is 6.54 Å². The lowest BCUT2D eigenvalue weighted by atomic mass is 10.1. The summed E-state index contributed by atoms with van der Waals surface area (Å²) in [4.78, 5) is 12.0. The van der Waals surface area contributed by atoms with Crippen LogP contribution in [0.3, 0.4) is 0 Å². The molecule has 106 valence electrons. The number of furan rings is 1. The topological polar surface area (TPSA) is 42.2 Å². The third-order valence-electron chi connectivity index (χ3n) is 2.98. The number of rotatable bonds is 4. The van der Waals surface area contributed by atoms with Gasteiger partial charge in [-0.2, -0.15) is 0 Å². The van der Waals surface area contributed by atoms with Crippen molar-refractivity contribution in [2.45, 2.75) is 20.3 Å². The number of amides is 1. The molecule has 3 nitrogen and oxygen atoms in total. The number of hydrogen-bond donors (Lipinski definition) is 1. The molecule has 0 aliphatic rings. The van der Waals surface area contributed by atoms with E-state index in [-0.39, 0.29) is 5.91 Å². The molecule has 0 saturated carbocycles. The average Bonchev–Trinajstić information content (AvgIpc) is 2.71. The fraction of sp³-hybridized carbons (Fsp3) is 0.267. The second kappa shape index (κ2) is 6.33. The van der Waals surface area contributed by atoms with Crippen molar-refractivity contribution in [3.8, 4) is 0 Å². The molecule has 0 saturated heterocycles. The predicted octanol–water partition coefficient (Wildman–Crippen LogP) is 4.18. The number of hydrogen-bond acceptors (Lipinski definition) is 2.